The zero-order valence-corrected chi connectivity index (χ0v) is 8.31. The molecular weight excluding hydrogens is 164 g/mol. The molecule has 1 aliphatic rings. The first kappa shape index (κ1) is 9.64. The summed E-state index contributed by atoms with van der Waals surface area (Å²) in [6.45, 7) is 6.61. The molecule has 4 heteroatoms. The Morgan fingerprint density at radius 2 is 2.15 bits per heavy atom. The summed E-state index contributed by atoms with van der Waals surface area (Å²) in [6.07, 6.45) is 1.92. The molecule has 2 heterocycles. The molecule has 0 aliphatic carbocycles. The van der Waals surface area contributed by atoms with Gasteiger partial charge in [-0.2, -0.15) is 0 Å². The van der Waals surface area contributed by atoms with Crippen LogP contribution in [0, 0.1) is 6.92 Å². The molecule has 13 heavy (non-hydrogen) atoms. The lowest BCUT2D eigenvalue weighted by Crippen LogP contribution is -2.22. The zero-order valence-electron chi connectivity index (χ0n) is 8.31. The molecule has 2 rings (SSSR count). The first-order valence-corrected chi connectivity index (χ1v) is 4.51. The summed E-state index contributed by atoms with van der Waals surface area (Å²) in [7, 11) is 0. The third kappa shape index (κ3) is 1.66. The minimum atomic E-state index is 0.581. The average molecular weight is 180 g/mol. The van der Waals surface area contributed by atoms with Crippen molar-refractivity contribution in [3.05, 3.63) is 17.5 Å². The van der Waals surface area contributed by atoms with Crippen molar-refractivity contribution >= 4 is 11.5 Å². The molecule has 4 nitrogen and oxygen atoms in total. The molecule has 72 valence electrons. The highest BCUT2D eigenvalue weighted by atomic mass is 15.1. The SMILES string of the molecule is CC.Cc1c[nH]c2c1NCN=C2N. The van der Waals surface area contributed by atoms with Crippen LogP contribution in [0.2, 0.25) is 0 Å². The van der Waals surface area contributed by atoms with Crippen LogP contribution in [0.4, 0.5) is 5.69 Å². The van der Waals surface area contributed by atoms with Crippen LogP contribution in [0.3, 0.4) is 0 Å². The van der Waals surface area contributed by atoms with E-state index in [1.165, 1.54) is 5.56 Å². The summed E-state index contributed by atoms with van der Waals surface area (Å²) in [5.41, 5.74) is 8.81. The van der Waals surface area contributed by atoms with Crippen LogP contribution >= 0.6 is 0 Å². The molecule has 0 unspecified atom stereocenters. The van der Waals surface area contributed by atoms with Crippen LogP contribution in [-0.2, 0) is 0 Å². The third-order valence-electron chi connectivity index (χ3n) is 1.84. The number of H-pyrrole nitrogens is 1. The molecule has 0 aromatic carbocycles. The number of aromatic nitrogens is 1. The Morgan fingerprint density at radius 1 is 1.46 bits per heavy atom. The second-order valence-corrected chi connectivity index (χ2v) is 2.60. The Balaban J connectivity index is 0.000000396. The number of nitrogens with two attached hydrogens (primary N) is 1. The number of fused-ring (bicyclic) bond motifs is 1. The monoisotopic (exact) mass is 180 g/mol. The maximum atomic E-state index is 5.64. The molecule has 0 saturated carbocycles. The quantitative estimate of drug-likeness (QED) is 0.565. The molecule has 0 amide bonds. The Labute approximate surface area is 78.3 Å². The molecule has 0 spiro atoms. The van der Waals surface area contributed by atoms with E-state index in [2.05, 4.69) is 15.3 Å². The van der Waals surface area contributed by atoms with Gasteiger partial charge in [0, 0.05) is 6.20 Å². The molecule has 0 radical (unpaired) electrons. The molecule has 0 atom stereocenters. The lowest BCUT2D eigenvalue weighted by atomic mass is 10.2. The Kier molecular flexibility index (Phi) is 2.95. The van der Waals surface area contributed by atoms with Gasteiger partial charge in [0.1, 0.15) is 18.2 Å². The van der Waals surface area contributed by atoms with Crippen LogP contribution < -0.4 is 11.1 Å². The molecule has 0 fully saturated rings. The Bertz CT molecular complexity index is 311. The van der Waals surface area contributed by atoms with Gasteiger partial charge in [-0.1, -0.05) is 13.8 Å². The average Bonchev–Trinajstić information content (AvgIpc) is 2.53. The van der Waals surface area contributed by atoms with Crippen LogP contribution in [0.25, 0.3) is 0 Å². The number of nitrogens with zero attached hydrogens (tertiary/aromatic N) is 1. The van der Waals surface area contributed by atoms with Crippen molar-refractivity contribution in [3.8, 4) is 0 Å². The van der Waals surface area contributed by atoms with Crippen LogP contribution in [0.5, 0.6) is 0 Å². The third-order valence-corrected chi connectivity index (χ3v) is 1.84. The van der Waals surface area contributed by atoms with Crippen LogP contribution in [-0.4, -0.2) is 17.5 Å². The fourth-order valence-corrected chi connectivity index (χ4v) is 1.23. The smallest absolute Gasteiger partial charge is 0.146 e. The minimum Gasteiger partial charge on any atom is -0.382 e. The van der Waals surface area contributed by atoms with E-state index >= 15 is 0 Å². The molecule has 1 aliphatic heterocycles. The van der Waals surface area contributed by atoms with Crippen LogP contribution in [0.15, 0.2) is 11.2 Å². The topological polar surface area (TPSA) is 66.2 Å². The number of nitrogens with one attached hydrogen (secondary N) is 2. The van der Waals surface area contributed by atoms with Gasteiger partial charge < -0.3 is 16.0 Å². The van der Waals surface area contributed by atoms with E-state index in [0.29, 0.717) is 12.5 Å². The van der Waals surface area contributed by atoms with Crippen molar-refractivity contribution in [2.75, 3.05) is 12.0 Å². The first-order chi connectivity index (χ1) is 6.29. The Morgan fingerprint density at radius 3 is 2.77 bits per heavy atom. The number of hydrogen-bond acceptors (Lipinski definition) is 3. The lowest BCUT2D eigenvalue weighted by Gasteiger charge is -2.11. The Hall–Kier alpha value is -1.45. The number of aromatic amines is 1. The van der Waals surface area contributed by atoms with E-state index in [4.69, 9.17) is 5.73 Å². The van der Waals surface area contributed by atoms with Crippen molar-refractivity contribution in [1.82, 2.24) is 4.98 Å². The molecule has 4 N–H and O–H groups in total. The molecule has 0 saturated heterocycles. The second kappa shape index (κ2) is 3.98. The van der Waals surface area contributed by atoms with Gasteiger partial charge in [0.2, 0.25) is 0 Å². The van der Waals surface area contributed by atoms with E-state index in [1.807, 2.05) is 27.0 Å². The second-order valence-electron chi connectivity index (χ2n) is 2.60. The highest BCUT2D eigenvalue weighted by molar-refractivity contribution is 6.02. The van der Waals surface area contributed by atoms with E-state index in [-0.39, 0.29) is 0 Å². The number of rotatable bonds is 0. The summed E-state index contributed by atoms with van der Waals surface area (Å²) in [4.78, 5) is 7.09. The van der Waals surface area contributed by atoms with Crippen molar-refractivity contribution < 1.29 is 0 Å². The predicted molar refractivity (Wildman–Crippen MR) is 56.1 cm³/mol. The van der Waals surface area contributed by atoms with Gasteiger partial charge in [0.25, 0.3) is 0 Å². The van der Waals surface area contributed by atoms with Gasteiger partial charge in [-0.05, 0) is 12.5 Å². The summed E-state index contributed by atoms with van der Waals surface area (Å²) >= 11 is 0. The largest absolute Gasteiger partial charge is 0.382 e. The van der Waals surface area contributed by atoms with Gasteiger partial charge in [0.05, 0.1) is 5.69 Å². The maximum absolute atomic E-state index is 5.64. The lowest BCUT2D eigenvalue weighted by molar-refractivity contribution is 1.09. The van der Waals surface area contributed by atoms with Gasteiger partial charge in [-0.3, -0.25) is 0 Å². The number of aliphatic imine (C=N–C) groups is 1. The van der Waals surface area contributed by atoms with Crippen molar-refractivity contribution in [1.29, 1.82) is 0 Å². The van der Waals surface area contributed by atoms with Crippen LogP contribution in [0.1, 0.15) is 25.1 Å². The van der Waals surface area contributed by atoms with E-state index in [0.717, 1.165) is 11.4 Å². The number of aryl methyl sites for hydroxylation is 1. The number of anilines is 1. The van der Waals surface area contributed by atoms with Crippen molar-refractivity contribution in [2.24, 2.45) is 10.7 Å². The highest BCUT2D eigenvalue weighted by Crippen LogP contribution is 2.21. The predicted octanol–water partition coefficient (Wildman–Crippen LogP) is 1.44. The highest BCUT2D eigenvalue weighted by Gasteiger charge is 2.13. The van der Waals surface area contributed by atoms with Crippen molar-refractivity contribution in [3.63, 3.8) is 0 Å². The summed E-state index contributed by atoms with van der Waals surface area (Å²) in [5, 5.41) is 3.14. The normalized spacial score (nSPS) is 13.3. The summed E-state index contributed by atoms with van der Waals surface area (Å²) < 4.78 is 0. The van der Waals surface area contributed by atoms with Gasteiger partial charge in [-0.15, -0.1) is 0 Å². The molecular formula is C9H16N4. The van der Waals surface area contributed by atoms with E-state index < -0.39 is 0 Å². The molecule has 1 aromatic rings. The van der Waals surface area contributed by atoms with E-state index in [1.54, 1.807) is 0 Å². The first-order valence-electron chi connectivity index (χ1n) is 4.51. The van der Waals surface area contributed by atoms with Gasteiger partial charge >= 0.3 is 0 Å². The number of amidine groups is 1. The summed E-state index contributed by atoms with van der Waals surface area (Å²) in [6, 6.07) is 0. The standard InChI is InChI=1S/C7H10N4.C2H6/c1-4-2-9-6-5(4)10-3-11-7(6)8;1-2/h2,9-10H,3H2,1H3,(H2,8,11);1-2H3. The maximum Gasteiger partial charge on any atom is 0.146 e. The minimum absolute atomic E-state index is 0.581. The fraction of sp³-hybridized carbons (Fsp3) is 0.444. The molecule has 0 bridgehead atoms. The zero-order chi connectivity index (χ0) is 9.84. The van der Waals surface area contributed by atoms with Crippen molar-refractivity contribution in [2.45, 2.75) is 20.8 Å². The van der Waals surface area contributed by atoms with Gasteiger partial charge in [0.15, 0.2) is 0 Å². The van der Waals surface area contributed by atoms with E-state index in [9.17, 15) is 0 Å². The van der Waals surface area contributed by atoms with Gasteiger partial charge in [-0.25, -0.2) is 4.99 Å². The fourth-order valence-electron chi connectivity index (χ4n) is 1.23. The number of hydrogen-bond donors (Lipinski definition) is 3. The molecule has 1 aromatic heterocycles. The summed E-state index contributed by atoms with van der Waals surface area (Å²) in [5.74, 6) is 0.590.